The zero-order chi connectivity index (χ0) is 13.1. The van der Waals surface area contributed by atoms with Crippen molar-refractivity contribution < 1.29 is 0 Å². The SMILES string of the molecule is Cc1ccc(Br)c(C(Cc2sccc2Br)NN)c1. The molecule has 1 aromatic heterocycles. The van der Waals surface area contributed by atoms with Crippen molar-refractivity contribution in [1.29, 1.82) is 0 Å². The van der Waals surface area contributed by atoms with Crippen LogP contribution in [0.5, 0.6) is 0 Å². The number of nitrogens with one attached hydrogen (secondary N) is 1. The predicted molar refractivity (Wildman–Crippen MR) is 84.7 cm³/mol. The third kappa shape index (κ3) is 3.22. The summed E-state index contributed by atoms with van der Waals surface area (Å²) < 4.78 is 2.24. The van der Waals surface area contributed by atoms with Crippen LogP contribution in [-0.2, 0) is 6.42 Å². The van der Waals surface area contributed by atoms with Crippen molar-refractivity contribution in [2.75, 3.05) is 0 Å². The van der Waals surface area contributed by atoms with Crippen LogP contribution >= 0.6 is 43.2 Å². The number of hydrazine groups is 1. The Labute approximate surface area is 128 Å². The molecule has 96 valence electrons. The van der Waals surface area contributed by atoms with E-state index in [2.05, 4.69) is 73.9 Å². The molecule has 1 unspecified atom stereocenters. The summed E-state index contributed by atoms with van der Waals surface area (Å²) in [4.78, 5) is 1.30. The van der Waals surface area contributed by atoms with E-state index in [-0.39, 0.29) is 6.04 Å². The third-order valence-electron chi connectivity index (χ3n) is 2.81. The molecule has 2 rings (SSSR count). The van der Waals surface area contributed by atoms with Gasteiger partial charge in [-0.2, -0.15) is 0 Å². The Morgan fingerprint density at radius 2 is 2.06 bits per heavy atom. The van der Waals surface area contributed by atoms with E-state index in [9.17, 15) is 0 Å². The maximum atomic E-state index is 5.71. The Kier molecular flexibility index (Phi) is 4.98. The van der Waals surface area contributed by atoms with Crippen molar-refractivity contribution in [2.45, 2.75) is 19.4 Å². The molecule has 0 fully saturated rings. The van der Waals surface area contributed by atoms with Crippen LogP contribution in [0.15, 0.2) is 38.6 Å². The number of nitrogens with two attached hydrogens (primary N) is 1. The van der Waals surface area contributed by atoms with Crippen LogP contribution in [0.1, 0.15) is 22.0 Å². The summed E-state index contributed by atoms with van der Waals surface area (Å²) in [6, 6.07) is 8.49. The maximum absolute atomic E-state index is 5.71. The number of hydrogen-bond acceptors (Lipinski definition) is 3. The Morgan fingerprint density at radius 1 is 1.28 bits per heavy atom. The molecular formula is C13H14Br2N2S. The predicted octanol–water partition coefficient (Wildman–Crippen LogP) is 4.33. The summed E-state index contributed by atoms with van der Waals surface area (Å²) in [7, 11) is 0. The monoisotopic (exact) mass is 388 g/mol. The van der Waals surface area contributed by atoms with E-state index in [1.807, 2.05) is 0 Å². The van der Waals surface area contributed by atoms with Crippen LogP contribution in [-0.4, -0.2) is 0 Å². The van der Waals surface area contributed by atoms with Crippen LogP contribution < -0.4 is 11.3 Å². The molecule has 0 aliphatic heterocycles. The van der Waals surface area contributed by atoms with Gasteiger partial charge < -0.3 is 0 Å². The molecule has 0 spiro atoms. The molecule has 0 aliphatic carbocycles. The second-order valence-electron chi connectivity index (χ2n) is 4.14. The molecule has 18 heavy (non-hydrogen) atoms. The second kappa shape index (κ2) is 6.30. The molecule has 2 nitrogen and oxygen atoms in total. The lowest BCUT2D eigenvalue weighted by Crippen LogP contribution is -2.29. The lowest BCUT2D eigenvalue weighted by molar-refractivity contribution is 0.552. The normalized spacial score (nSPS) is 12.7. The third-order valence-corrected chi connectivity index (χ3v) is 5.48. The molecule has 3 N–H and O–H groups in total. The second-order valence-corrected chi connectivity index (χ2v) is 6.85. The van der Waals surface area contributed by atoms with Gasteiger partial charge >= 0.3 is 0 Å². The fourth-order valence-electron chi connectivity index (χ4n) is 1.85. The van der Waals surface area contributed by atoms with E-state index in [4.69, 9.17) is 5.84 Å². The van der Waals surface area contributed by atoms with Gasteiger partial charge in [-0.05, 0) is 45.9 Å². The van der Waals surface area contributed by atoms with E-state index in [1.165, 1.54) is 16.0 Å². The summed E-state index contributed by atoms with van der Waals surface area (Å²) in [5.41, 5.74) is 5.34. The van der Waals surface area contributed by atoms with Gasteiger partial charge in [0.2, 0.25) is 0 Å². The molecule has 0 bridgehead atoms. The lowest BCUT2D eigenvalue weighted by atomic mass is 10.0. The maximum Gasteiger partial charge on any atom is 0.0519 e. The highest BCUT2D eigenvalue weighted by Crippen LogP contribution is 2.31. The van der Waals surface area contributed by atoms with Crippen LogP contribution in [0.2, 0.25) is 0 Å². The highest BCUT2D eigenvalue weighted by molar-refractivity contribution is 9.10. The van der Waals surface area contributed by atoms with E-state index >= 15 is 0 Å². The molecule has 1 heterocycles. The summed E-state index contributed by atoms with van der Waals surface area (Å²) in [5, 5.41) is 2.08. The van der Waals surface area contributed by atoms with E-state index < -0.39 is 0 Å². The van der Waals surface area contributed by atoms with Gasteiger partial charge in [0.05, 0.1) is 6.04 Å². The molecule has 0 saturated heterocycles. The number of halogens is 2. The topological polar surface area (TPSA) is 38.0 Å². The first-order valence-electron chi connectivity index (χ1n) is 5.56. The van der Waals surface area contributed by atoms with Gasteiger partial charge in [0.25, 0.3) is 0 Å². The van der Waals surface area contributed by atoms with Crippen LogP contribution in [0.25, 0.3) is 0 Å². The van der Waals surface area contributed by atoms with Gasteiger partial charge in [0.15, 0.2) is 0 Å². The smallest absolute Gasteiger partial charge is 0.0519 e. The van der Waals surface area contributed by atoms with Gasteiger partial charge in [-0.1, -0.05) is 33.6 Å². The molecule has 5 heteroatoms. The molecule has 0 radical (unpaired) electrons. The summed E-state index contributed by atoms with van der Waals surface area (Å²) in [6.07, 6.45) is 0.872. The van der Waals surface area contributed by atoms with Gasteiger partial charge in [-0.15, -0.1) is 11.3 Å². The molecule has 0 saturated carbocycles. The minimum atomic E-state index is 0.106. The Balaban J connectivity index is 2.28. The molecule has 2 aromatic rings. The van der Waals surface area contributed by atoms with Crippen LogP contribution in [0.4, 0.5) is 0 Å². The summed E-state index contributed by atoms with van der Waals surface area (Å²) in [5.74, 6) is 5.71. The molecule has 1 aromatic carbocycles. The average Bonchev–Trinajstić information content (AvgIpc) is 2.75. The fourth-order valence-corrected chi connectivity index (χ4v) is 3.93. The molecule has 1 atom stereocenters. The number of thiophene rings is 1. The largest absolute Gasteiger partial charge is 0.271 e. The zero-order valence-corrected chi connectivity index (χ0v) is 13.9. The standard InChI is InChI=1S/C13H14Br2N2S/c1-8-2-3-10(14)9(6-8)12(17-16)7-13-11(15)4-5-18-13/h2-6,12,17H,7,16H2,1H3. The first-order valence-corrected chi connectivity index (χ1v) is 8.02. The van der Waals surface area contributed by atoms with Crippen molar-refractivity contribution in [3.63, 3.8) is 0 Å². The van der Waals surface area contributed by atoms with Crippen molar-refractivity contribution >= 4 is 43.2 Å². The van der Waals surface area contributed by atoms with E-state index in [1.54, 1.807) is 11.3 Å². The van der Waals surface area contributed by atoms with E-state index in [0.717, 1.165) is 15.4 Å². The Hall–Kier alpha value is -0.200. The lowest BCUT2D eigenvalue weighted by Gasteiger charge is -2.18. The van der Waals surface area contributed by atoms with Crippen molar-refractivity contribution in [1.82, 2.24) is 5.43 Å². The average molecular weight is 390 g/mol. The number of rotatable bonds is 4. The van der Waals surface area contributed by atoms with Gasteiger partial charge in [-0.25, -0.2) is 0 Å². The summed E-state index contributed by atoms with van der Waals surface area (Å²) >= 11 is 8.89. The fraction of sp³-hybridized carbons (Fsp3) is 0.231. The van der Waals surface area contributed by atoms with Crippen molar-refractivity contribution in [3.05, 3.63) is 54.6 Å². The number of hydrogen-bond donors (Lipinski definition) is 2. The first-order chi connectivity index (χ1) is 8.61. The Morgan fingerprint density at radius 3 is 2.67 bits per heavy atom. The minimum absolute atomic E-state index is 0.106. The molecular weight excluding hydrogens is 376 g/mol. The van der Waals surface area contributed by atoms with Crippen molar-refractivity contribution in [3.8, 4) is 0 Å². The molecule has 0 aliphatic rings. The first kappa shape index (κ1) is 14.2. The van der Waals surface area contributed by atoms with Gasteiger partial charge in [0, 0.05) is 20.2 Å². The number of aryl methyl sites for hydroxylation is 1. The quantitative estimate of drug-likeness (QED) is 0.603. The molecule has 0 amide bonds. The van der Waals surface area contributed by atoms with E-state index in [0.29, 0.717) is 0 Å². The van der Waals surface area contributed by atoms with Gasteiger partial charge in [0.1, 0.15) is 0 Å². The van der Waals surface area contributed by atoms with Crippen LogP contribution in [0.3, 0.4) is 0 Å². The zero-order valence-electron chi connectivity index (χ0n) is 9.91. The summed E-state index contributed by atoms with van der Waals surface area (Å²) in [6.45, 7) is 2.09. The highest BCUT2D eigenvalue weighted by Gasteiger charge is 2.16. The minimum Gasteiger partial charge on any atom is -0.271 e. The highest BCUT2D eigenvalue weighted by atomic mass is 79.9. The van der Waals surface area contributed by atoms with Crippen LogP contribution in [0, 0.1) is 6.92 Å². The van der Waals surface area contributed by atoms with Crippen molar-refractivity contribution in [2.24, 2.45) is 5.84 Å². The Bertz CT molecular complexity index is 540. The van der Waals surface area contributed by atoms with Gasteiger partial charge in [-0.3, -0.25) is 11.3 Å². The number of benzene rings is 1.